The molecule has 1 aromatic heterocycles. The highest BCUT2D eigenvalue weighted by Crippen LogP contribution is 2.37. The number of hydrogen-bond donors (Lipinski definition) is 1. The van der Waals surface area contributed by atoms with Crippen LogP contribution in [-0.2, 0) is 19.1 Å². The van der Waals surface area contributed by atoms with E-state index in [0.717, 1.165) is 22.0 Å². The molecule has 0 fully saturated rings. The lowest BCUT2D eigenvalue weighted by Gasteiger charge is -2.24. The summed E-state index contributed by atoms with van der Waals surface area (Å²) in [4.78, 5) is 28.4. The van der Waals surface area contributed by atoms with Crippen LogP contribution in [0.15, 0.2) is 60.8 Å². The number of benzene rings is 2. The fourth-order valence-corrected chi connectivity index (χ4v) is 3.29. The molecule has 134 valence electrons. The van der Waals surface area contributed by atoms with Crippen molar-refractivity contribution >= 4 is 22.8 Å². The minimum Gasteiger partial charge on any atom is -0.468 e. The van der Waals surface area contributed by atoms with E-state index in [4.69, 9.17) is 9.47 Å². The van der Waals surface area contributed by atoms with Gasteiger partial charge in [-0.2, -0.15) is 0 Å². The van der Waals surface area contributed by atoms with Crippen LogP contribution >= 0.6 is 0 Å². The Morgan fingerprint density at radius 2 is 1.69 bits per heavy atom. The van der Waals surface area contributed by atoms with Crippen molar-refractivity contribution in [2.24, 2.45) is 5.92 Å². The molecule has 0 unspecified atom stereocenters. The second-order valence-corrected chi connectivity index (χ2v) is 5.93. The zero-order valence-corrected chi connectivity index (χ0v) is 14.8. The molecule has 1 heterocycles. The summed E-state index contributed by atoms with van der Waals surface area (Å²) in [6, 6.07) is 17.3. The molecule has 2 aromatic carbocycles. The molecule has 0 saturated carbocycles. The normalized spacial score (nSPS) is 13.2. The number of aromatic amines is 1. The van der Waals surface area contributed by atoms with Gasteiger partial charge < -0.3 is 14.5 Å². The largest absolute Gasteiger partial charge is 0.468 e. The van der Waals surface area contributed by atoms with E-state index in [0.29, 0.717) is 0 Å². The zero-order chi connectivity index (χ0) is 18.5. The van der Waals surface area contributed by atoms with Crippen molar-refractivity contribution in [3.05, 3.63) is 71.9 Å². The van der Waals surface area contributed by atoms with Gasteiger partial charge in [-0.25, -0.2) is 0 Å². The van der Waals surface area contributed by atoms with E-state index in [9.17, 15) is 9.59 Å². The molecule has 2 atom stereocenters. The lowest BCUT2D eigenvalue weighted by Crippen LogP contribution is -2.33. The monoisotopic (exact) mass is 351 g/mol. The number of methoxy groups -OCH3 is 1. The first-order valence-corrected chi connectivity index (χ1v) is 8.52. The third-order valence-electron chi connectivity index (χ3n) is 4.44. The molecule has 3 rings (SSSR count). The summed E-state index contributed by atoms with van der Waals surface area (Å²) in [7, 11) is 1.28. The number of para-hydroxylation sites is 1. The second kappa shape index (κ2) is 7.87. The van der Waals surface area contributed by atoms with Gasteiger partial charge in [-0.3, -0.25) is 9.59 Å². The van der Waals surface area contributed by atoms with Crippen LogP contribution in [0.5, 0.6) is 0 Å². The third kappa shape index (κ3) is 3.33. The summed E-state index contributed by atoms with van der Waals surface area (Å²) in [5, 5.41) is 0.958. The highest BCUT2D eigenvalue weighted by atomic mass is 16.5. The van der Waals surface area contributed by atoms with E-state index in [1.165, 1.54) is 7.11 Å². The fraction of sp³-hybridized carbons (Fsp3) is 0.238. The first-order valence-electron chi connectivity index (χ1n) is 8.52. The number of esters is 2. The van der Waals surface area contributed by atoms with Gasteiger partial charge in [0.25, 0.3) is 0 Å². The number of H-pyrrole nitrogens is 1. The minimum absolute atomic E-state index is 0.196. The molecular weight excluding hydrogens is 330 g/mol. The van der Waals surface area contributed by atoms with E-state index in [2.05, 4.69) is 4.98 Å². The maximum Gasteiger partial charge on any atom is 0.321 e. The summed E-state index contributed by atoms with van der Waals surface area (Å²) in [5.41, 5.74) is 2.65. The minimum atomic E-state index is -1.08. The fourth-order valence-electron chi connectivity index (χ4n) is 3.29. The van der Waals surface area contributed by atoms with Gasteiger partial charge in [0.05, 0.1) is 13.7 Å². The van der Waals surface area contributed by atoms with E-state index in [1.54, 1.807) is 6.92 Å². The van der Waals surface area contributed by atoms with Crippen LogP contribution in [0, 0.1) is 5.92 Å². The molecule has 0 radical (unpaired) electrons. The highest BCUT2D eigenvalue weighted by Gasteiger charge is 2.40. The summed E-state index contributed by atoms with van der Waals surface area (Å²) in [5.74, 6) is -2.79. The van der Waals surface area contributed by atoms with Crippen LogP contribution in [-0.4, -0.2) is 30.6 Å². The summed E-state index contributed by atoms with van der Waals surface area (Å²) in [6.45, 7) is 1.91. The Balaban J connectivity index is 2.20. The molecule has 5 nitrogen and oxygen atoms in total. The van der Waals surface area contributed by atoms with E-state index in [1.807, 2.05) is 60.8 Å². The van der Waals surface area contributed by atoms with Crippen molar-refractivity contribution in [3.8, 4) is 0 Å². The lowest BCUT2D eigenvalue weighted by molar-refractivity contribution is -0.160. The Hall–Kier alpha value is -3.08. The van der Waals surface area contributed by atoms with E-state index < -0.39 is 23.8 Å². The Morgan fingerprint density at radius 1 is 1.00 bits per heavy atom. The smallest absolute Gasteiger partial charge is 0.321 e. The highest BCUT2D eigenvalue weighted by molar-refractivity contribution is 5.98. The van der Waals surface area contributed by atoms with Crippen LogP contribution < -0.4 is 0 Å². The van der Waals surface area contributed by atoms with Crippen LogP contribution in [0.25, 0.3) is 10.9 Å². The summed E-state index contributed by atoms with van der Waals surface area (Å²) < 4.78 is 10.1. The molecule has 1 N–H and O–H groups in total. The first-order chi connectivity index (χ1) is 12.7. The Morgan fingerprint density at radius 3 is 2.38 bits per heavy atom. The van der Waals surface area contributed by atoms with Crippen molar-refractivity contribution in [1.29, 1.82) is 0 Å². The maximum atomic E-state index is 12.7. The van der Waals surface area contributed by atoms with Gasteiger partial charge in [0, 0.05) is 23.0 Å². The van der Waals surface area contributed by atoms with Crippen molar-refractivity contribution < 1.29 is 19.1 Å². The van der Waals surface area contributed by atoms with Crippen LogP contribution in [0.4, 0.5) is 0 Å². The SMILES string of the molecule is CCOC(=O)[C@H](C(=O)OC)[C@@H](c1ccccc1)c1c[nH]c2ccccc12. The van der Waals surface area contributed by atoms with E-state index in [-0.39, 0.29) is 6.61 Å². The number of carbonyl (C=O) groups excluding carboxylic acids is 2. The predicted octanol–water partition coefficient (Wildman–Crippen LogP) is 3.65. The van der Waals surface area contributed by atoms with E-state index >= 15 is 0 Å². The van der Waals surface area contributed by atoms with Crippen molar-refractivity contribution in [1.82, 2.24) is 4.98 Å². The number of carbonyl (C=O) groups is 2. The molecule has 26 heavy (non-hydrogen) atoms. The zero-order valence-electron chi connectivity index (χ0n) is 14.8. The molecule has 0 bridgehead atoms. The number of hydrogen-bond acceptors (Lipinski definition) is 4. The Labute approximate surface area is 151 Å². The van der Waals surface area contributed by atoms with Gasteiger partial charge in [0.1, 0.15) is 0 Å². The lowest BCUT2D eigenvalue weighted by atomic mass is 9.80. The molecule has 3 aromatic rings. The molecule has 0 amide bonds. The van der Waals surface area contributed by atoms with Crippen molar-refractivity contribution in [2.45, 2.75) is 12.8 Å². The van der Waals surface area contributed by atoms with Crippen LogP contribution in [0.1, 0.15) is 24.0 Å². The molecular formula is C21H21NO4. The number of fused-ring (bicyclic) bond motifs is 1. The number of aromatic nitrogens is 1. The van der Waals surface area contributed by atoms with Gasteiger partial charge in [0.15, 0.2) is 5.92 Å². The van der Waals surface area contributed by atoms with Gasteiger partial charge in [-0.1, -0.05) is 48.5 Å². The predicted molar refractivity (Wildman–Crippen MR) is 98.7 cm³/mol. The molecule has 0 saturated heterocycles. The second-order valence-electron chi connectivity index (χ2n) is 5.93. The van der Waals surface area contributed by atoms with Crippen LogP contribution in [0.3, 0.4) is 0 Å². The maximum absolute atomic E-state index is 12.7. The summed E-state index contributed by atoms with van der Waals surface area (Å²) in [6.07, 6.45) is 1.84. The molecule has 5 heteroatoms. The quantitative estimate of drug-likeness (QED) is 0.544. The number of rotatable bonds is 6. The third-order valence-corrected chi connectivity index (χ3v) is 4.44. The number of ether oxygens (including phenoxy) is 2. The summed E-state index contributed by atoms with van der Waals surface area (Å²) >= 11 is 0. The molecule has 0 aliphatic carbocycles. The first kappa shape index (κ1) is 17.7. The molecule has 0 aliphatic rings. The number of nitrogens with one attached hydrogen (secondary N) is 1. The topological polar surface area (TPSA) is 68.4 Å². The molecule has 0 spiro atoms. The Kier molecular flexibility index (Phi) is 5.37. The molecule has 0 aliphatic heterocycles. The van der Waals surface area contributed by atoms with Gasteiger partial charge in [0.2, 0.25) is 0 Å². The van der Waals surface area contributed by atoms with Gasteiger partial charge in [-0.15, -0.1) is 0 Å². The van der Waals surface area contributed by atoms with Crippen molar-refractivity contribution in [2.75, 3.05) is 13.7 Å². The van der Waals surface area contributed by atoms with Crippen molar-refractivity contribution in [3.63, 3.8) is 0 Å². The average molecular weight is 351 g/mol. The standard InChI is InChI=1S/C21H21NO4/c1-3-26-21(24)19(20(23)25-2)18(14-9-5-4-6-10-14)16-13-22-17-12-8-7-11-15(16)17/h4-13,18-19,22H,3H2,1-2H3/t18-,19-/m0/s1. The van der Waals surface area contributed by atoms with Crippen LogP contribution in [0.2, 0.25) is 0 Å². The Bertz CT molecular complexity index is 901. The van der Waals surface area contributed by atoms with Gasteiger partial charge >= 0.3 is 11.9 Å². The van der Waals surface area contributed by atoms with Gasteiger partial charge in [-0.05, 0) is 24.1 Å². The average Bonchev–Trinajstić information content (AvgIpc) is 3.10.